The van der Waals surface area contributed by atoms with Crippen LogP contribution in [-0.4, -0.2) is 10.8 Å². The maximum Gasteiger partial charge on any atom is 0.271 e. The monoisotopic (exact) mass is 382 g/mol. The number of halogens is 1. The largest absolute Gasteiger partial charge is 0.457 e. The second-order valence-electron chi connectivity index (χ2n) is 5.80. The summed E-state index contributed by atoms with van der Waals surface area (Å²) in [6.07, 6.45) is 2.82. The zero-order chi connectivity index (χ0) is 19.4. The molecule has 136 valence electrons. The van der Waals surface area contributed by atoms with Crippen molar-refractivity contribution >= 4 is 35.0 Å². The zero-order valence-electron chi connectivity index (χ0n) is 14.3. The van der Waals surface area contributed by atoms with Crippen LogP contribution in [0.4, 0.5) is 11.4 Å². The molecule has 3 aromatic rings. The van der Waals surface area contributed by atoms with Gasteiger partial charge in [0.1, 0.15) is 11.5 Å². The fourth-order valence-corrected chi connectivity index (χ4v) is 2.56. The summed E-state index contributed by atoms with van der Waals surface area (Å²) >= 11 is 6.13. The highest BCUT2D eigenvalue weighted by molar-refractivity contribution is 6.31. The van der Waals surface area contributed by atoms with E-state index in [1.54, 1.807) is 18.2 Å². The Morgan fingerprint density at radius 1 is 1.19 bits per heavy atom. The van der Waals surface area contributed by atoms with Crippen molar-refractivity contribution < 1.29 is 14.1 Å². The van der Waals surface area contributed by atoms with Crippen molar-refractivity contribution in [1.29, 1.82) is 0 Å². The van der Waals surface area contributed by atoms with Crippen molar-refractivity contribution in [3.63, 3.8) is 0 Å². The van der Waals surface area contributed by atoms with E-state index >= 15 is 0 Å². The molecule has 0 aliphatic carbocycles. The molecular weight excluding hydrogens is 368 g/mol. The minimum absolute atomic E-state index is 0.0933. The predicted octanol–water partition coefficient (Wildman–Crippen LogP) is 5.47. The lowest BCUT2D eigenvalue weighted by atomic mass is 10.1. The van der Waals surface area contributed by atoms with Gasteiger partial charge in [0.2, 0.25) is 5.91 Å². The van der Waals surface area contributed by atoms with Gasteiger partial charge in [-0.1, -0.05) is 29.8 Å². The fourth-order valence-electron chi connectivity index (χ4n) is 2.38. The van der Waals surface area contributed by atoms with Crippen LogP contribution >= 0.6 is 11.6 Å². The van der Waals surface area contributed by atoms with Crippen molar-refractivity contribution in [2.24, 2.45) is 0 Å². The van der Waals surface area contributed by atoms with Crippen molar-refractivity contribution in [3.8, 4) is 11.3 Å². The smallest absolute Gasteiger partial charge is 0.271 e. The number of nitro groups is 1. The summed E-state index contributed by atoms with van der Waals surface area (Å²) in [5, 5.41) is 14.0. The fraction of sp³-hybridized carbons (Fsp3) is 0.0500. The van der Waals surface area contributed by atoms with Gasteiger partial charge in [-0.15, -0.1) is 0 Å². The number of nitro benzene ring substituents is 1. The lowest BCUT2D eigenvalue weighted by molar-refractivity contribution is -0.384. The van der Waals surface area contributed by atoms with E-state index in [1.807, 2.05) is 25.1 Å². The summed E-state index contributed by atoms with van der Waals surface area (Å²) < 4.78 is 5.70. The Kier molecular flexibility index (Phi) is 5.38. The van der Waals surface area contributed by atoms with Crippen LogP contribution in [0.5, 0.6) is 0 Å². The highest BCUT2D eigenvalue weighted by Gasteiger charge is 2.08. The maximum atomic E-state index is 12.0. The molecular formula is C20H15ClN2O4. The topological polar surface area (TPSA) is 85.4 Å². The molecule has 1 N–H and O–H groups in total. The van der Waals surface area contributed by atoms with Crippen molar-refractivity contribution in [2.75, 3.05) is 5.32 Å². The van der Waals surface area contributed by atoms with Crippen LogP contribution in [0.25, 0.3) is 17.4 Å². The number of carbonyl (C=O) groups is 1. The standard InChI is InChI=1S/C20H15ClN2O4/c1-13-5-6-14(11-18(13)21)19-9-7-17(27-19)8-10-20(24)22-15-3-2-4-16(12-15)23(25)26/h2-12H,1H3,(H,22,24). The van der Waals surface area contributed by atoms with Gasteiger partial charge in [-0.3, -0.25) is 14.9 Å². The molecule has 27 heavy (non-hydrogen) atoms. The third kappa shape index (κ3) is 4.62. The number of furan rings is 1. The van der Waals surface area contributed by atoms with E-state index in [0.717, 1.165) is 11.1 Å². The predicted molar refractivity (Wildman–Crippen MR) is 105 cm³/mol. The van der Waals surface area contributed by atoms with E-state index in [9.17, 15) is 14.9 Å². The number of carbonyl (C=O) groups excluding carboxylic acids is 1. The summed E-state index contributed by atoms with van der Waals surface area (Å²) in [6, 6.07) is 14.9. The number of aryl methyl sites for hydroxylation is 1. The quantitative estimate of drug-likeness (QED) is 0.360. The number of nitrogens with one attached hydrogen (secondary N) is 1. The minimum Gasteiger partial charge on any atom is -0.457 e. The minimum atomic E-state index is -0.521. The molecule has 2 aromatic carbocycles. The van der Waals surface area contributed by atoms with Gasteiger partial charge in [0.25, 0.3) is 5.69 Å². The first-order chi connectivity index (χ1) is 12.9. The molecule has 6 nitrogen and oxygen atoms in total. The molecule has 3 rings (SSSR count). The molecule has 0 spiro atoms. The van der Waals surface area contributed by atoms with Crippen LogP contribution in [0.15, 0.2) is 65.1 Å². The molecule has 0 saturated heterocycles. The van der Waals surface area contributed by atoms with Crippen molar-refractivity contribution in [3.05, 3.63) is 87.1 Å². The van der Waals surface area contributed by atoms with Gasteiger partial charge in [0.15, 0.2) is 0 Å². The van der Waals surface area contributed by atoms with E-state index in [1.165, 1.54) is 30.4 Å². The Labute approximate surface area is 160 Å². The summed E-state index contributed by atoms with van der Waals surface area (Å²) in [5.74, 6) is 0.707. The molecule has 0 bridgehead atoms. The molecule has 1 heterocycles. The van der Waals surface area contributed by atoms with Crippen LogP contribution in [-0.2, 0) is 4.79 Å². The maximum absolute atomic E-state index is 12.0. The van der Waals surface area contributed by atoms with E-state index in [2.05, 4.69) is 5.32 Å². The number of benzene rings is 2. The summed E-state index contributed by atoms with van der Waals surface area (Å²) in [7, 11) is 0. The molecule has 0 aliphatic heterocycles. The molecule has 1 aromatic heterocycles. The van der Waals surface area contributed by atoms with E-state index in [4.69, 9.17) is 16.0 Å². The number of amides is 1. The Morgan fingerprint density at radius 2 is 2.00 bits per heavy atom. The Hall–Kier alpha value is -3.38. The first kappa shape index (κ1) is 18.4. The van der Waals surface area contributed by atoms with Crippen LogP contribution in [0.2, 0.25) is 5.02 Å². The lowest BCUT2D eigenvalue weighted by Crippen LogP contribution is -2.07. The summed E-state index contributed by atoms with van der Waals surface area (Å²) in [6.45, 7) is 1.92. The first-order valence-corrected chi connectivity index (χ1v) is 8.40. The number of non-ortho nitro benzene ring substituents is 1. The van der Waals surface area contributed by atoms with E-state index in [0.29, 0.717) is 22.2 Å². The number of rotatable bonds is 5. The highest BCUT2D eigenvalue weighted by atomic mass is 35.5. The molecule has 0 aliphatic rings. The SMILES string of the molecule is Cc1ccc(-c2ccc(C=CC(=O)Nc3cccc([N+](=O)[O-])c3)o2)cc1Cl. The molecule has 1 amide bonds. The second-order valence-corrected chi connectivity index (χ2v) is 6.20. The zero-order valence-corrected chi connectivity index (χ0v) is 15.1. The van der Waals surface area contributed by atoms with E-state index < -0.39 is 10.8 Å². The molecule has 0 fully saturated rings. The first-order valence-electron chi connectivity index (χ1n) is 8.02. The molecule has 0 saturated carbocycles. The van der Waals surface area contributed by atoms with Gasteiger partial charge >= 0.3 is 0 Å². The Morgan fingerprint density at radius 3 is 2.74 bits per heavy atom. The van der Waals surface area contributed by atoms with Gasteiger partial charge in [-0.2, -0.15) is 0 Å². The third-order valence-corrected chi connectivity index (χ3v) is 4.21. The van der Waals surface area contributed by atoms with Crippen LogP contribution in [0.1, 0.15) is 11.3 Å². The average Bonchev–Trinajstić information content (AvgIpc) is 3.11. The Balaban J connectivity index is 1.68. The molecule has 0 radical (unpaired) electrons. The number of hydrogen-bond donors (Lipinski definition) is 1. The lowest BCUT2D eigenvalue weighted by Gasteiger charge is -2.01. The van der Waals surface area contributed by atoms with Gasteiger partial charge < -0.3 is 9.73 Å². The Bertz CT molecular complexity index is 1040. The van der Waals surface area contributed by atoms with E-state index in [-0.39, 0.29) is 5.69 Å². The van der Waals surface area contributed by atoms with Gasteiger partial charge in [-0.25, -0.2) is 0 Å². The van der Waals surface area contributed by atoms with Crippen molar-refractivity contribution in [1.82, 2.24) is 0 Å². The normalized spacial score (nSPS) is 10.9. The molecule has 0 unspecified atom stereocenters. The number of hydrogen-bond acceptors (Lipinski definition) is 4. The van der Waals surface area contributed by atoms with Gasteiger partial charge in [0, 0.05) is 34.5 Å². The molecule has 7 heteroatoms. The summed E-state index contributed by atoms with van der Waals surface area (Å²) in [5.41, 5.74) is 2.06. The van der Waals surface area contributed by atoms with Gasteiger partial charge in [0.05, 0.1) is 4.92 Å². The van der Waals surface area contributed by atoms with Crippen LogP contribution < -0.4 is 5.32 Å². The number of nitrogens with zero attached hydrogens (tertiary/aromatic N) is 1. The average molecular weight is 383 g/mol. The van der Waals surface area contributed by atoms with Crippen LogP contribution in [0.3, 0.4) is 0 Å². The van der Waals surface area contributed by atoms with Gasteiger partial charge in [-0.05, 0) is 42.8 Å². The number of anilines is 1. The van der Waals surface area contributed by atoms with Crippen molar-refractivity contribution in [2.45, 2.75) is 6.92 Å². The second kappa shape index (κ2) is 7.88. The molecule has 0 atom stereocenters. The highest BCUT2D eigenvalue weighted by Crippen LogP contribution is 2.27. The third-order valence-electron chi connectivity index (χ3n) is 3.81. The summed E-state index contributed by atoms with van der Waals surface area (Å²) in [4.78, 5) is 22.2. The van der Waals surface area contributed by atoms with Crippen LogP contribution in [0, 0.1) is 17.0 Å².